The van der Waals surface area contributed by atoms with Crippen LogP contribution in [0.15, 0.2) is 66.7 Å². The van der Waals surface area contributed by atoms with Gasteiger partial charge in [0.05, 0.1) is 11.1 Å². The van der Waals surface area contributed by atoms with E-state index in [4.69, 9.17) is 10.00 Å². The summed E-state index contributed by atoms with van der Waals surface area (Å²) in [4.78, 5) is 12.2. The number of halogens is 1. The third-order valence-corrected chi connectivity index (χ3v) is 4.22. The predicted octanol–water partition coefficient (Wildman–Crippen LogP) is 5.54. The first-order valence-corrected chi connectivity index (χ1v) is 8.72. The molecule has 27 heavy (non-hydrogen) atoms. The van der Waals surface area contributed by atoms with Crippen LogP contribution in [-0.4, -0.2) is 5.97 Å². The fraction of sp³-hybridized carbons (Fsp3) is 0.130. The van der Waals surface area contributed by atoms with E-state index in [0.717, 1.165) is 30.0 Å². The smallest absolute Gasteiger partial charge is 0.343 e. The van der Waals surface area contributed by atoms with Crippen molar-refractivity contribution in [1.29, 1.82) is 5.26 Å². The molecule has 0 fully saturated rings. The van der Waals surface area contributed by atoms with Crippen LogP contribution in [0.3, 0.4) is 0 Å². The van der Waals surface area contributed by atoms with Crippen molar-refractivity contribution in [3.05, 3.63) is 89.2 Å². The van der Waals surface area contributed by atoms with Crippen LogP contribution in [0.2, 0.25) is 0 Å². The number of hydrogen-bond donors (Lipinski definition) is 0. The molecule has 0 saturated heterocycles. The average molecular weight is 359 g/mol. The molecule has 3 nitrogen and oxygen atoms in total. The number of hydrogen-bond acceptors (Lipinski definition) is 3. The maximum atomic E-state index is 13.6. The molecule has 0 amide bonds. The Morgan fingerprint density at radius 3 is 2.19 bits per heavy atom. The molecule has 0 atom stereocenters. The van der Waals surface area contributed by atoms with Crippen molar-refractivity contribution in [2.45, 2.75) is 19.8 Å². The van der Waals surface area contributed by atoms with Gasteiger partial charge in [0.2, 0.25) is 0 Å². The van der Waals surface area contributed by atoms with Crippen LogP contribution in [0, 0.1) is 17.1 Å². The summed E-state index contributed by atoms with van der Waals surface area (Å²) < 4.78 is 18.8. The van der Waals surface area contributed by atoms with Gasteiger partial charge in [0, 0.05) is 6.07 Å². The van der Waals surface area contributed by atoms with Crippen LogP contribution in [0.25, 0.3) is 11.1 Å². The van der Waals surface area contributed by atoms with E-state index >= 15 is 0 Å². The van der Waals surface area contributed by atoms with E-state index in [1.54, 1.807) is 18.2 Å². The van der Waals surface area contributed by atoms with Crippen molar-refractivity contribution < 1.29 is 13.9 Å². The van der Waals surface area contributed by atoms with E-state index in [2.05, 4.69) is 31.2 Å². The third kappa shape index (κ3) is 4.39. The largest absolute Gasteiger partial charge is 0.423 e. The highest BCUT2D eigenvalue weighted by atomic mass is 19.1. The van der Waals surface area contributed by atoms with Gasteiger partial charge < -0.3 is 4.74 Å². The molecule has 0 unspecified atom stereocenters. The van der Waals surface area contributed by atoms with Gasteiger partial charge in [-0.1, -0.05) is 49.7 Å². The minimum absolute atomic E-state index is 0.0621. The molecule has 3 rings (SSSR count). The standard InChI is InChI=1S/C23H18FNO2/c1-2-3-16-4-6-17(7-5-16)18-8-10-19(11-9-18)23(26)27-21-13-12-20(15-25)22(24)14-21/h4-14H,2-3H2,1H3. The van der Waals surface area contributed by atoms with Crippen molar-refractivity contribution in [2.24, 2.45) is 0 Å². The molecule has 4 heteroatoms. The molecular formula is C23H18FNO2. The molecule has 0 radical (unpaired) electrons. The van der Waals surface area contributed by atoms with Crippen LogP contribution in [0.1, 0.15) is 34.8 Å². The van der Waals surface area contributed by atoms with Gasteiger partial charge in [-0.05, 0) is 47.4 Å². The van der Waals surface area contributed by atoms with Gasteiger partial charge in [0.15, 0.2) is 0 Å². The van der Waals surface area contributed by atoms with Crippen LogP contribution in [0.5, 0.6) is 5.75 Å². The fourth-order valence-corrected chi connectivity index (χ4v) is 2.77. The maximum Gasteiger partial charge on any atom is 0.343 e. The van der Waals surface area contributed by atoms with Gasteiger partial charge in [-0.3, -0.25) is 0 Å². The molecule has 0 bridgehead atoms. The zero-order valence-electron chi connectivity index (χ0n) is 14.9. The van der Waals surface area contributed by atoms with Crippen LogP contribution >= 0.6 is 0 Å². The summed E-state index contributed by atoms with van der Waals surface area (Å²) in [6, 6.07) is 20.8. The van der Waals surface area contributed by atoms with E-state index < -0.39 is 11.8 Å². The number of nitrogens with zero attached hydrogens (tertiary/aromatic N) is 1. The normalized spacial score (nSPS) is 10.3. The molecule has 0 saturated carbocycles. The van der Waals surface area contributed by atoms with Crippen molar-refractivity contribution in [1.82, 2.24) is 0 Å². The summed E-state index contributed by atoms with van der Waals surface area (Å²) in [7, 11) is 0. The highest BCUT2D eigenvalue weighted by Crippen LogP contribution is 2.22. The summed E-state index contributed by atoms with van der Waals surface area (Å²) in [5.74, 6) is -1.24. The molecule has 134 valence electrons. The molecule has 0 heterocycles. The Hall–Kier alpha value is -3.45. The van der Waals surface area contributed by atoms with Gasteiger partial charge in [-0.25, -0.2) is 9.18 Å². The molecule has 0 spiro atoms. The average Bonchev–Trinajstić information content (AvgIpc) is 2.69. The number of aryl methyl sites for hydroxylation is 1. The Balaban J connectivity index is 1.72. The topological polar surface area (TPSA) is 50.1 Å². The molecule has 3 aromatic rings. The number of ether oxygens (including phenoxy) is 1. The van der Waals surface area contributed by atoms with Crippen molar-refractivity contribution in [3.8, 4) is 22.9 Å². The summed E-state index contributed by atoms with van der Waals surface area (Å²) in [6.45, 7) is 2.15. The lowest BCUT2D eigenvalue weighted by molar-refractivity contribution is 0.0734. The Kier molecular flexibility index (Phi) is 5.63. The van der Waals surface area contributed by atoms with Crippen LogP contribution in [-0.2, 0) is 6.42 Å². The zero-order valence-corrected chi connectivity index (χ0v) is 14.9. The maximum absolute atomic E-state index is 13.6. The second-order valence-electron chi connectivity index (χ2n) is 6.17. The van der Waals surface area contributed by atoms with Gasteiger partial charge in [0.1, 0.15) is 17.6 Å². The minimum Gasteiger partial charge on any atom is -0.423 e. The van der Waals surface area contributed by atoms with Gasteiger partial charge in [-0.15, -0.1) is 0 Å². The summed E-state index contributed by atoms with van der Waals surface area (Å²) in [5.41, 5.74) is 3.65. The second kappa shape index (κ2) is 8.29. The highest BCUT2D eigenvalue weighted by molar-refractivity contribution is 5.91. The van der Waals surface area contributed by atoms with Crippen molar-refractivity contribution in [2.75, 3.05) is 0 Å². The molecule has 0 aliphatic carbocycles. The third-order valence-electron chi connectivity index (χ3n) is 4.22. The van der Waals surface area contributed by atoms with E-state index in [1.165, 1.54) is 17.7 Å². The quantitative estimate of drug-likeness (QED) is 0.444. The van der Waals surface area contributed by atoms with E-state index in [9.17, 15) is 9.18 Å². The lowest BCUT2D eigenvalue weighted by atomic mass is 10.0. The van der Waals surface area contributed by atoms with Gasteiger partial charge >= 0.3 is 5.97 Å². The molecule has 0 aliphatic rings. The summed E-state index contributed by atoms with van der Waals surface area (Å²) in [5, 5.41) is 8.73. The first-order chi connectivity index (χ1) is 13.1. The summed E-state index contributed by atoms with van der Waals surface area (Å²) in [6.07, 6.45) is 2.17. The molecule has 0 aliphatic heterocycles. The first-order valence-electron chi connectivity index (χ1n) is 8.72. The van der Waals surface area contributed by atoms with Crippen molar-refractivity contribution in [3.63, 3.8) is 0 Å². The zero-order chi connectivity index (χ0) is 19.2. The number of carbonyl (C=O) groups excluding carboxylic acids is 1. The lowest BCUT2D eigenvalue weighted by Gasteiger charge is -2.07. The van der Waals surface area contributed by atoms with E-state index in [1.807, 2.05) is 12.1 Å². The van der Waals surface area contributed by atoms with Crippen LogP contribution < -0.4 is 4.74 Å². The first kappa shape index (κ1) is 18.3. The number of nitriles is 1. The van der Waals surface area contributed by atoms with Crippen molar-refractivity contribution >= 4 is 5.97 Å². The van der Waals surface area contributed by atoms with Crippen LogP contribution in [0.4, 0.5) is 4.39 Å². The number of esters is 1. The minimum atomic E-state index is -0.718. The monoisotopic (exact) mass is 359 g/mol. The molecule has 0 aromatic heterocycles. The Morgan fingerprint density at radius 1 is 1.00 bits per heavy atom. The number of carbonyl (C=O) groups is 1. The Bertz CT molecular complexity index is 986. The second-order valence-corrected chi connectivity index (χ2v) is 6.17. The lowest BCUT2D eigenvalue weighted by Crippen LogP contribution is -2.08. The summed E-state index contributed by atoms with van der Waals surface area (Å²) >= 11 is 0. The highest BCUT2D eigenvalue weighted by Gasteiger charge is 2.11. The molecular weight excluding hydrogens is 341 g/mol. The Labute approximate surface area is 157 Å². The van der Waals surface area contributed by atoms with Gasteiger partial charge in [0.25, 0.3) is 0 Å². The van der Waals surface area contributed by atoms with E-state index in [0.29, 0.717) is 5.56 Å². The number of rotatable bonds is 5. The molecule has 3 aromatic carbocycles. The fourth-order valence-electron chi connectivity index (χ4n) is 2.77. The van der Waals surface area contributed by atoms with Gasteiger partial charge in [-0.2, -0.15) is 5.26 Å². The predicted molar refractivity (Wildman–Crippen MR) is 102 cm³/mol. The number of benzene rings is 3. The molecule has 0 N–H and O–H groups in total. The van der Waals surface area contributed by atoms with E-state index in [-0.39, 0.29) is 11.3 Å². The SMILES string of the molecule is CCCc1ccc(-c2ccc(C(=O)Oc3ccc(C#N)c(F)c3)cc2)cc1. The Morgan fingerprint density at radius 2 is 1.63 bits per heavy atom.